The van der Waals surface area contributed by atoms with Gasteiger partial charge in [0.15, 0.2) is 0 Å². The molecule has 24 heavy (non-hydrogen) atoms. The Morgan fingerprint density at radius 1 is 1.25 bits per heavy atom. The number of anilines is 1. The van der Waals surface area contributed by atoms with Crippen molar-refractivity contribution in [2.24, 2.45) is 11.1 Å². The van der Waals surface area contributed by atoms with Crippen LogP contribution in [0.25, 0.3) is 0 Å². The number of pyridine rings is 1. The van der Waals surface area contributed by atoms with Crippen LogP contribution in [-0.2, 0) is 11.3 Å². The highest BCUT2D eigenvalue weighted by Crippen LogP contribution is 2.38. The number of nitrogens with one attached hydrogen (secondary N) is 1. The first-order chi connectivity index (χ1) is 11.7. The van der Waals surface area contributed by atoms with Crippen molar-refractivity contribution in [1.82, 2.24) is 14.8 Å². The van der Waals surface area contributed by atoms with Crippen molar-refractivity contribution in [3.05, 3.63) is 42.5 Å². The van der Waals surface area contributed by atoms with Crippen molar-refractivity contribution in [2.45, 2.75) is 45.1 Å². The Balaban J connectivity index is 1.57. The minimum Gasteiger partial charge on any atom is -0.330 e. The van der Waals surface area contributed by atoms with Gasteiger partial charge in [0.1, 0.15) is 0 Å². The van der Waals surface area contributed by atoms with Crippen LogP contribution in [0, 0.1) is 5.41 Å². The monoisotopic (exact) mass is 327 g/mol. The molecule has 0 spiro atoms. The number of carbonyl (C=O) groups excluding carboxylic acids is 1. The second-order valence-corrected chi connectivity index (χ2v) is 6.77. The van der Waals surface area contributed by atoms with Crippen LogP contribution in [0.3, 0.4) is 0 Å². The Labute approximate surface area is 142 Å². The first-order valence-electron chi connectivity index (χ1n) is 8.60. The summed E-state index contributed by atoms with van der Waals surface area (Å²) >= 11 is 0. The van der Waals surface area contributed by atoms with E-state index in [1.807, 2.05) is 23.0 Å². The quantitative estimate of drug-likeness (QED) is 0.854. The maximum atomic E-state index is 12.4. The normalized spacial score (nSPS) is 16.7. The van der Waals surface area contributed by atoms with E-state index in [-0.39, 0.29) is 11.3 Å². The molecule has 1 fully saturated rings. The van der Waals surface area contributed by atoms with Gasteiger partial charge in [-0.25, -0.2) is 0 Å². The summed E-state index contributed by atoms with van der Waals surface area (Å²) in [7, 11) is 0. The fraction of sp³-hybridized carbons (Fsp3) is 0.500. The molecule has 0 radical (unpaired) electrons. The number of amides is 1. The third kappa shape index (κ3) is 4.20. The number of carbonyl (C=O) groups is 1. The van der Waals surface area contributed by atoms with E-state index in [1.54, 1.807) is 18.6 Å². The highest BCUT2D eigenvalue weighted by Gasteiger charge is 2.33. The molecule has 2 aromatic rings. The molecule has 0 aliphatic heterocycles. The van der Waals surface area contributed by atoms with E-state index >= 15 is 0 Å². The topological polar surface area (TPSA) is 85.8 Å². The van der Waals surface area contributed by atoms with Gasteiger partial charge in [0.25, 0.3) is 0 Å². The van der Waals surface area contributed by atoms with Crippen molar-refractivity contribution >= 4 is 11.6 Å². The van der Waals surface area contributed by atoms with Gasteiger partial charge in [-0.05, 0) is 42.5 Å². The van der Waals surface area contributed by atoms with Crippen molar-refractivity contribution in [3.63, 3.8) is 0 Å². The van der Waals surface area contributed by atoms with Crippen molar-refractivity contribution in [1.29, 1.82) is 0 Å². The molecule has 1 saturated carbocycles. The van der Waals surface area contributed by atoms with Gasteiger partial charge in [0.05, 0.1) is 18.4 Å². The lowest BCUT2D eigenvalue weighted by atomic mass is 9.71. The van der Waals surface area contributed by atoms with Crippen LogP contribution in [0.1, 0.15) is 44.1 Å². The largest absolute Gasteiger partial charge is 0.330 e. The molecule has 2 aromatic heterocycles. The van der Waals surface area contributed by atoms with Gasteiger partial charge in [-0.2, -0.15) is 5.10 Å². The van der Waals surface area contributed by atoms with E-state index in [0.29, 0.717) is 19.5 Å². The summed E-state index contributed by atoms with van der Waals surface area (Å²) in [6, 6.07) is 3.90. The summed E-state index contributed by atoms with van der Waals surface area (Å²) in [5.74, 6) is 0.0332. The molecular formula is C18H25N5O. The predicted octanol–water partition coefficient (Wildman–Crippen LogP) is 2.56. The number of nitrogens with zero attached hydrogens (tertiary/aromatic N) is 3. The predicted molar refractivity (Wildman–Crippen MR) is 93.4 cm³/mol. The Kier molecular flexibility index (Phi) is 5.25. The van der Waals surface area contributed by atoms with Gasteiger partial charge in [0.2, 0.25) is 5.91 Å². The number of hydrogen-bond acceptors (Lipinski definition) is 4. The molecule has 1 aliphatic carbocycles. The minimum atomic E-state index is -0.0185. The summed E-state index contributed by atoms with van der Waals surface area (Å²) in [4.78, 5) is 16.4. The Hall–Kier alpha value is -2.21. The third-order valence-corrected chi connectivity index (χ3v) is 4.89. The van der Waals surface area contributed by atoms with Crippen molar-refractivity contribution < 1.29 is 4.79 Å². The number of hydrogen-bond donors (Lipinski definition) is 2. The molecule has 6 heteroatoms. The van der Waals surface area contributed by atoms with Crippen molar-refractivity contribution in [3.8, 4) is 0 Å². The zero-order valence-electron chi connectivity index (χ0n) is 13.9. The lowest BCUT2D eigenvalue weighted by molar-refractivity contribution is -0.118. The molecule has 3 rings (SSSR count). The summed E-state index contributed by atoms with van der Waals surface area (Å²) in [6.07, 6.45) is 13.3. The van der Waals surface area contributed by atoms with Gasteiger partial charge in [0, 0.05) is 25.0 Å². The van der Waals surface area contributed by atoms with E-state index in [2.05, 4.69) is 15.4 Å². The number of aromatic nitrogens is 3. The molecule has 1 aliphatic rings. The van der Waals surface area contributed by atoms with Crippen LogP contribution < -0.4 is 11.1 Å². The van der Waals surface area contributed by atoms with Gasteiger partial charge >= 0.3 is 0 Å². The molecule has 0 saturated heterocycles. The maximum absolute atomic E-state index is 12.4. The van der Waals surface area contributed by atoms with Gasteiger partial charge in [-0.15, -0.1) is 0 Å². The second-order valence-electron chi connectivity index (χ2n) is 6.77. The zero-order chi connectivity index (χ0) is 16.8. The average Bonchev–Trinajstić information content (AvgIpc) is 3.03. The summed E-state index contributed by atoms with van der Waals surface area (Å²) in [5.41, 5.74) is 7.80. The number of nitrogens with two attached hydrogens (primary N) is 1. The molecular weight excluding hydrogens is 302 g/mol. The molecule has 1 amide bonds. The average molecular weight is 327 g/mol. The highest BCUT2D eigenvalue weighted by atomic mass is 16.1. The van der Waals surface area contributed by atoms with E-state index in [4.69, 9.17) is 5.73 Å². The van der Waals surface area contributed by atoms with E-state index in [0.717, 1.165) is 24.1 Å². The zero-order valence-corrected chi connectivity index (χ0v) is 13.9. The molecule has 0 unspecified atom stereocenters. The molecule has 3 N–H and O–H groups in total. The van der Waals surface area contributed by atoms with Crippen LogP contribution in [0.4, 0.5) is 5.69 Å². The summed E-state index contributed by atoms with van der Waals surface area (Å²) < 4.78 is 1.81. The molecule has 0 bridgehead atoms. The van der Waals surface area contributed by atoms with Gasteiger partial charge in [-0.3, -0.25) is 14.5 Å². The Bertz CT molecular complexity index is 661. The van der Waals surface area contributed by atoms with Crippen molar-refractivity contribution in [2.75, 3.05) is 11.9 Å². The maximum Gasteiger partial charge on any atom is 0.225 e. The minimum absolute atomic E-state index is 0.0185. The van der Waals surface area contributed by atoms with Gasteiger partial charge < -0.3 is 11.1 Å². The highest BCUT2D eigenvalue weighted by molar-refractivity contribution is 5.90. The summed E-state index contributed by atoms with van der Waals surface area (Å²) in [5, 5.41) is 7.27. The molecule has 128 valence electrons. The van der Waals surface area contributed by atoms with Gasteiger partial charge in [-0.1, -0.05) is 19.3 Å². The second kappa shape index (κ2) is 7.57. The fourth-order valence-electron chi connectivity index (χ4n) is 3.49. The molecule has 2 heterocycles. The molecule has 6 nitrogen and oxygen atoms in total. The molecule has 0 aromatic carbocycles. The van der Waals surface area contributed by atoms with E-state index < -0.39 is 0 Å². The van der Waals surface area contributed by atoms with Crippen LogP contribution in [0.5, 0.6) is 0 Å². The Morgan fingerprint density at radius 2 is 2.00 bits per heavy atom. The fourth-order valence-corrected chi connectivity index (χ4v) is 3.49. The van der Waals surface area contributed by atoms with Crippen LogP contribution >= 0.6 is 0 Å². The Morgan fingerprint density at radius 3 is 2.71 bits per heavy atom. The summed E-state index contributed by atoms with van der Waals surface area (Å²) in [6.45, 7) is 1.24. The van der Waals surface area contributed by atoms with Crippen LogP contribution in [0.2, 0.25) is 0 Å². The van der Waals surface area contributed by atoms with E-state index in [1.165, 1.54) is 19.3 Å². The standard InChI is InChI=1S/C18H25N5O/c19-14-18(6-2-1-3-7-18)10-17(24)22-16-11-21-23(13-16)12-15-4-8-20-9-5-15/h4-5,8-9,11,13H,1-3,6-7,10,12,14,19H2,(H,22,24). The third-order valence-electron chi connectivity index (χ3n) is 4.89. The lowest BCUT2D eigenvalue weighted by Gasteiger charge is -2.35. The molecule has 0 atom stereocenters. The SMILES string of the molecule is NCC1(CC(=O)Nc2cnn(Cc3ccncc3)c2)CCCCC1. The number of rotatable bonds is 6. The lowest BCUT2D eigenvalue weighted by Crippen LogP contribution is -2.36. The first-order valence-corrected chi connectivity index (χ1v) is 8.60. The van der Waals surface area contributed by atoms with E-state index in [9.17, 15) is 4.79 Å². The smallest absolute Gasteiger partial charge is 0.225 e. The first kappa shape index (κ1) is 16.6. The van der Waals surface area contributed by atoms with Crippen LogP contribution in [-0.4, -0.2) is 27.2 Å². The van der Waals surface area contributed by atoms with Crippen LogP contribution in [0.15, 0.2) is 36.9 Å².